The molecule has 1 aliphatic rings. The SMILES string of the molecule is CCCCCC(CCCCC)CCOCCCCCCCCCC(CCCCCCCCC(=O)OCCC(CCCCC)CCCCC)C(=O)OCCCN1CCN(C)CC1. The summed E-state index contributed by atoms with van der Waals surface area (Å²) in [5, 5.41) is 0. The number of esters is 2. The Kier molecular flexibility index (Phi) is 41.8. The minimum Gasteiger partial charge on any atom is -0.466 e. The Balaban J connectivity index is 2.28. The molecule has 0 aromatic carbocycles. The van der Waals surface area contributed by atoms with Gasteiger partial charge in [-0.15, -0.1) is 0 Å². The summed E-state index contributed by atoms with van der Waals surface area (Å²) >= 11 is 0. The van der Waals surface area contributed by atoms with Crippen molar-refractivity contribution in [3.05, 3.63) is 0 Å². The first-order chi connectivity index (χ1) is 29.9. The summed E-state index contributed by atoms with van der Waals surface area (Å²) in [7, 11) is 2.19. The van der Waals surface area contributed by atoms with Crippen LogP contribution < -0.4 is 0 Å². The Morgan fingerprint density at radius 1 is 0.426 bits per heavy atom. The lowest BCUT2D eigenvalue weighted by atomic mass is 9.92. The van der Waals surface area contributed by atoms with Crippen LogP contribution in [0.5, 0.6) is 0 Å². The highest BCUT2D eigenvalue weighted by atomic mass is 16.5. The Labute approximate surface area is 380 Å². The van der Waals surface area contributed by atoms with E-state index in [-0.39, 0.29) is 17.9 Å². The molecular formula is C54H106N2O5. The maximum Gasteiger partial charge on any atom is 0.308 e. The Morgan fingerprint density at radius 3 is 1.38 bits per heavy atom. The first kappa shape index (κ1) is 57.8. The van der Waals surface area contributed by atoms with Crippen LogP contribution in [0.25, 0.3) is 0 Å². The van der Waals surface area contributed by atoms with Gasteiger partial charge in [-0.1, -0.05) is 201 Å². The normalized spacial score (nSPS) is 14.3. The van der Waals surface area contributed by atoms with E-state index in [9.17, 15) is 9.59 Å². The zero-order chi connectivity index (χ0) is 44.3. The zero-order valence-electron chi connectivity index (χ0n) is 41.8. The van der Waals surface area contributed by atoms with Gasteiger partial charge in [0.15, 0.2) is 0 Å². The van der Waals surface area contributed by atoms with Crippen LogP contribution in [0.1, 0.15) is 252 Å². The molecule has 61 heavy (non-hydrogen) atoms. The van der Waals surface area contributed by atoms with E-state index < -0.39 is 0 Å². The molecule has 0 N–H and O–H groups in total. The molecule has 0 radical (unpaired) electrons. The van der Waals surface area contributed by atoms with E-state index in [1.165, 1.54) is 154 Å². The second-order valence-electron chi connectivity index (χ2n) is 19.4. The average molecular weight is 863 g/mol. The third-order valence-electron chi connectivity index (χ3n) is 13.6. The fraction of sp³-hybridized carbons (Fsp3) is 0.963. The van der Waals surface area contributed by atoms with Crippen molar-refractivity contribution in [3.8, 4) is 0 Å². The molecule has 362 valence electrons. The predicted molar refractivity (Wildman–Crippen MR) is 261 cm³/mol. The Bertz CT molecular complexity index is 920. The van der Waals surface area contributed by atoms with Crippen LogP contribution in [0, 0.1) is 17.8 Å². The quantitative estimate of drug-likeness (QED) is 0.0446. The summed E-state index contributed by atoms with van der Waals surface area (Å²) in [6.07, 6.45) is 42.1. The van der Waals surface area contributed by atoms with Crippen molar-refractivity contribution >= 4 is 11.9 Å². The molecule has 1 unspecified atom stereocenters. The molecule has 1 atom stereocenters. The second kappa shape index (κ2) is 44.0. The van der Waals surface area contributed by atoms with Gasteiger partial charge in [-0.25, -0.2) is 0 Å². The van der Waals surface area contributed by atoms with Crippen molar-refractivity contribution in [2.75, 3.05) is 66.2 Å². The molecule has 0 amide bonds. The summed E-state index contributed by atoms with van der Waals surface area (Å²) in [5.41, 5.74) is 0. The third-order valence-corrected chi connectivity index (χ3v) is 13.6. The Hall–Kier alpha value is -1.18. The van der Waals surface area contributed by atoms with E-state index in [0.29, 0.717) is 25.6 Å². The molecule has 0 aromatic rings. The van der Waals surface area contributed by atoms with Gasteiger partial charge >= 0.3 is 11.9 Å². The van der Waals surface area contributed by atoms with Gasteiger partial charge in [-0.05, 0) is 63.8 Å². The van der Waals surface area contributed by atoms with Crippen LogP contribution in [-0.2, 0) is 23.8 Å². The van der Waals surface area contributed by atoms with Gasteiger partial charge in [-0.3, -0.25) is 9.59 Å². The summed E-state index contributed by atoms with van der Waals surface area (Å²) in [6, 6.07) is 0. The van der Waals surface area contributed by atoms with Gasteiger partial charge in [0.05, 0.1) is 19.1 Å². The molecule has 1 heterocycles. The lowest BCUT2D eigenvalue weighted by molar-refractivity contribution is -0.149. The molecule has 0 aromatic heterocycles. The molecule has 7 nitrogen and oxygen atoms in total. The highest BCUT2D eigenvalue weighted by Crippen LogP contribution is 2.24. The highest BCUT2D eigenvalue weighted by Gasteiger charge is 2.20. The summed E-state index contributed by atoms with van der Waals surface area (Å²) in [5.74, 6) is 1.63. The molecule has 1 fully saturated rings. The zero-order valence-corrected chi connectivity index (χ0v) is 41.8. The molecule has 0 aliphatic carbocycles. The van der Waals surface area contributed by atoms with Crippen molar-refractivity contribution in [1.29, 1.82) is 0 Å². The number of hydrogen-bond acceptors (Lipinski definition) is 7. The predicted octanol–water partition coefficient (Wildman–Crippen LogP) is 14.9. The van der Waals surface area contributed by atoms with E-state index in [4.69, 9.17) is 14.2 Å². The second-order valence-corrected chi connectivity index (χ2v) is 19.4. The highest BCUT2D eigenvalue weighted by molar-refractivity contribution is 5.72. The number of carbonyl (C=O) groups excluding carboxylic acids is 2. The number of likely N-dealkylation sites (N-methyl/N-ethyl adjacent to an activating group) is 1. The topological polar surface area (TPSA) is 68.3 Å². The standard InChI is InChI=1S/C54H106N2O5/c1-6-10-23-32-50(33-24-11-7-2)39-48-59-46-30-22-18-14-15-19-27-36-52(54(58)61-47-31-41-56-44-42-55(5)43-45-56)37-28-20-16-17-21-29-38-53(57)60-49-40-51(34-25-12-8-3)35-26-13-9-4/h50-52H,6-49H2,1-5H3. The maximum absolute atomic E-state index is 13.3. The number of rotatable bonds is 46. The number of hydrogen-bond donors (Lipinski definition) is 0. The molecule has 1 aliphatic heterocycles. The van der Waals surface area contributed by atoms with Gasteiger partial charge in [-0.2, -0.15) is 0 Å². The number of unbranched alkanes of at least 4 members (excludes halogenated alkanes) is 19. The van der Waals surface area contributed by atoms with Gasteiger partial charge in [0.25, 0.3) is 0 Å². The number of ether oxygens (including phenoxy) is 3. The minimum atomic E-state index is -0.0135. The lowest BCUT2D eigenvalue weighted by Gasteiger charge is -2.32. The molecular weight excluding hydrogens is 757 g/mol. The third kappa shape index (κ3) is 36.8. The first-order valence-corrected chi connectivity index (χ1v) is 27.2. The fourth-order valence-corrected chi connectivity index (χ4v) is 9.24. The maximum atomic E-state index is 13.3. The van der Waals surface area contributed by atoms with Crippen LogP contribution in [-0.4, -0.2) is 87.9 Å². The number of piperazine rings is 1. The van der Waals surface area contributed by atoms with Crippen molar-refractivity contribution in [2.45, 2.75) is 252 Å². The van der Waals surface area contributed by atoms with Crippen molar-refractivity contribution < 1.29 is 23.8 Å². The van der Waals surface area contributed by atoms with E-state index in [1.807, 2.05) is 0 Å². The first-order valence-electron chi connectivity index (χ1n) is 27.2. The van der Waals surface area contributed by atoms with Crippen LogP contribution in [0.15, 0.2) is 0 Å². The van der Waals surface area contributed by atoms with Crippen molar-refractivity contribution in [1.82, 2.24) is 9.80 Å². The summed E-state index contributed by atoms with van der Waals surface area (Å²) in [6.45, 7) is 17.6. The molecule has 0 bridgehead atoms. The monoisotopic (exact) mass is 863 g/mol. The fourth-order valence-electron chi connectivity index (χ4n) is 9.24. The van der Waals surface area contributed by atoms with Crippen molar-refractivity contribution in [2.24, 2.45) is 17.8 Å². The smallest absolute Gasteiger partial charge is 0.308 e. The van der Waals surface area contributed by atoms with Gasteiger partial charge in [0.2, 0.25) is 0 Å². The van der Waals surface area contributed by atoms with E-state index in [2.05, 4.69) is 44.5 Å². The van der Waals surface area contributed by atoms with Gasteiger partial charge < -0.3 is 24.0 Å². The Morgan fingerprint density at radius 2 is 0.869 bits per heavy atom. The van der Waals surface area contributed by atoms with E-state index in [0.717, 1.165) is 116 Å². The average Bonchev–Trinajstić information content (AvgIpc) is 3.26. The van der Waals surface area contributed by atoms with E-state index >= 15 is 0 Å². The number of carbonyl (C=O) groups is 2. The molecule has 0 saturated carbocycles. The van der Waals surface area contributed by atoms with Crippen molar-refractivity contribution in [3.63, 3.8) is 0 Å². The minimum absolute atomic E-state index is 0.0135. The molecule has 1 rings (SSSR count). The van der Waals surface area contributed by atoms with E-state index in [1.54, 1.807) is 0 Å². The molecule has 0 spiro atoms. The lowest BCUT2D eigenvalue weighted by Crippen LogP contribution is -2.44. The van der Waals surface area contributed by atoms with Gasteiger partial charge in [0, 0.05) is 52.4 Å². The summed E-state index contributed by atoms with van der Waals surface area (Å²) < 4.78 is 17.7. The summed E-state index contributed by atoms with van der Waals surface area (Å²) in [4.78, 5) is 30.6. The van der Waals surface area contributed by atoms with Crippen LogP contribution in [0.4, 0.5) is 0 Å². The number of nitrogens with zero attached hydrogens (tertiary/aromatic N) is 2. The largest absolute Gasteiger partial charge is 0.466 e. The molecule has 1 saturated heterocycles. The van der Waals surface area contributed by atoms with Crippen LogP contribution >= 0.6 is 0 Å². The molecule has 7 heteroatoms. The van der Waals surface area contributed by atoms with Crippen LogP contribution in [0.2, 0.25) is 0 Å². The van der Waals surface area contributed by atoms with Gasteiger partial charge in [0.1, 0.15) is 0 Å². The van der Waals surface area contributed by atoms with Crippen LogP contribution in [0.3, 0.4) is 0 Å².